The number of carbonyl (C=O) groups is 1. The Hall–Kier alpha value is -2.10. The monoisotopic (exact) mass is 256 g/mol. The molecule has 1 saturated heterocycles. The third-order valence-corrected chi connectivity index (χ3v) is 3.96. The molecule has 0 spiro atoms. The van der Waals surface area contributed by atoms with E-state index in [0.717, 1.165) is 23.1 Å². The molecular formula is C15H16N2O2. The lowest BCUT2D eigenvalue weighted by Crippen LogP contribution is -2.31. The molecule has 19 heavy (non-hydrogen) atoms. The van der Waals surface area contributed by atoms with Gasteiger partial charge < -0.3 is 10.0 Å². The van der Waals surface area contributed by atoms with Crippen LogP contribution in [0, 0.1) is 5.41 Å². The fraction of sp³-hybridized carbons (Fsp3) is 0.333. The molecule has 2 heterocycles. The maximum absolute atomic E-state index is 11.3. The van der Waals surface area contributed by atoms with E-state index in [9.17, 15) is 9.90 Å². The molecule has 1 unspecified atom stereocenters. The van der Waals surface area contributed by atoms with Gasteiger partial charge in [-0.3, -0.25) is 9.78 Å². The van der Waals surface area contributed by atoms with Crippen LogP contribution in [0.15, 0.2) is 36.5 Å². The molecule has 1 aromatic carbocycles. The SMILES string of the molecule is CC1(C(=O)O)CCN(c2ccnc3ccccc23)C1. The average molecular weight is 256 g/mol. The van der Waals surface area contributed by atoms with Crippen molar-refractivity contribution in [1.29, 1.82) is 0 Å². The van der Waals surface area contributed by atoms with Crippen molar-refractivity contribution in [3.05, 3.63) is 36.5 Å². The van der Waals surface area contributed by atoms with E-state index in [1.165, 1.54) is 0 Å². The predicted octanol–water partition coefficient (Wildman–Crippen LogP) is 2.54. The van der Waals surface area contributed by atoms with E-state index in [1.807, 2.05) is 37.3 Å². The van der Waals surface area contributed by atoms with Crippen molar-refractivity contribution in [1.82, 2.24) is 4.98 Å². The molecule has 2 aromatic rings. The van der Waals surface area contributed by atoms with Crippen LogP contribution in [0.25, 0.3) is 10.9 Å². The van der Waals surface area contributed by atoms with Crippen LogP contribution in [0.5, 0.6) is 0 Å². The number of benzene rings is 1. The Balaban J connectivity index is 2.01. The number of hydrogen-bond acceptors (Lipinski definition) is 3. The van der Waals surface area contributed by atoms with Gasteiger partial charge in [0.2, 0.25) is 0 Å². The average Bonchev–Trinajstić information content (AvgIpc) is 2.82. The number of rotatable bonds is 2. The number of nitrogens with zero attached hydrogens (tertiary/aromatic N) is 2. The zero-order valence-electron chi connectivity index (χ0n) is 10.8. The summed E-state index contributed by atoms with van der Waals surface area (Å²) in [5.41, 5.74) is 1.38. The van der Waals surface area contributed by atoms with Crippen LogP contribution in [0.1, 0.15) is 13.3 Å². The number of aliphatic carboxylic acids is 1. The number of carboxylic acid groups (broad SMARTS) is 1. The molecule has 1 fully saturated rings. The molecule has 3 rings (SSSR count). The predicted molar refractivity (Wildman–Crippen MR) is 74.3 cm³/mol. The van der Waals surface area contributed by atoms with Crippen LogP contribution in [0.4, 0.5) is 5.69 Å². The van der Waals surface area contributed by atoms with Crippen LogP contribution in [0.2, 0.25) is 0 Å². The summed E-state index contributed by atoms with van der Waals surface area (Å²) in [6, 6.07) is 9.93. The lowest BCUT2D eigenvalue weighted by atomic mass is 9.90. The second-order valence-electron chi connectivity index (χ2n) is 5.38. The summed E-state index contributed by atoms with van der Waals surface area (Å²) in [6.45, 7) is 3.14. The van der Waals surface area contributed by atoms with Crippen molar-refractivity contribution >= 4 is 22.6 Å². The molecule has 0 radical (unpaired) electrons. The smallest absolute Gasteiger partial charge is 0.311 e. The number of pyridine rings is 1. The fourth-order valence-corrected chi connectivity index (χ4v) is 2.70. The minimum atomic E-state index is -0.714. The molecule has 1 aliphatic heterocycles. The van der Waals surface area contributed by atoms with Gasteiger partial charge in [0.15, 0.2) is 0 Å². The van der Waals surface area contributed by atoms with Crippen molar-refractivity contribution in [3.8, 4) is 0 Å². The summed E-state index contributed by atoms with van der Waals surface area (Å²) in [7, 11) is 0. The molecule has 1 N–H and O–H groups in total. The highest BCUT2D eigenvalue weighted by Crippen LogP contribution is 2.35. The summed E-state index contributed by atoms with van der Waals surface area (Å²) >= 11 is 0. The Morgan fingerprint density at radius 2 is 2.16 bits per heavy atom. The lowest BCUT2D eigenvalue weighted by Gasteiger charge is -2.22. The van der Waals surface area contributed by atoms with Crippen LogP contribution < -0.4 is 4.90 Å². The van der Waals surface area contributed by atoms with Crippen LogP contribution in [0.3, 0.4) is 0 Å². The first-order valence-electron chi connectivity index (χ1n) is 6.42. The number of fused-ring (bicyclic) bond motifs is 1. The van der Waals surface area contributed by atoms with Gasteiger partial charge in [0, 0.05) is 30.4 Å². The van der Waals surface area contributed by atoms with E-state index in [0.29, 0.717) is 13.0 Å². The fourth-order valence-electron chi connectivity index (χ4n) is 2.70. The first kappa shape index (κ1) is 12.0. The Morgan fingerprint density at radius 1 is 1.37 bits per heavy atom. The Bertz CT molecular complexity index is 636. The first-order chi connectivity index (χ1) is 9.10. The number of carboxylic acids is 1. The molecule has 4 nitrogen and oxygen atoms in total. The number of para-hydroxylation sites is 1. The minimum Gasteiger partial charge on any atom is -0.481 e. The molecule has 0 amide bonds. The standard InChI is InChI=1S/C15H16N2O2/c1-15(14(18)19)7-9-17(10-15)13-6-8-16-12-5-3-2-4-11(12)13/h2-6,8H,7,9-10H2,1H3,(H,18,19). The number of aromatic nitrogens is 1. The highest BCUT2D eigenvalue weighted by Gasteiger charge is 2.40. The quantitative estimate of drug-likeness (QED) is 0.897. The molecule has 4 heteroatoms. The van der Waals surface area contributed by atoms with Gasteiger partial charge in [0.05, 0.1) is 10.9 Å². The summed E-state index contributed by atoms with van der Waals surface area (Å²) in [5, 5.41) is 10.4. The van der Waals surface area contributed by atoms with Gasteiger partial charge in [-0.05, 0) is 25.5 Å². The molecule has 1 aromatic heterocycles. The maximum Gasteiger partial charge on any atom is 0.311 e. The zero-order valence-corrected chi connectivity index (χ0v) is 10.8. The highest BCUT2D eigenvalue weighted by atomic mass is 16.4. The normalized spacial score (nSPS) is 22.9. The van der Waals surface area contributed by atoms with Gasteiger partial charge in [0.25, 0.3) is 0 Å². The van der Waals surface area contributed by atoms with Crippen LogP contribution in [-0.2, 0) is 4.79 Å². The zero-order chi connectivity index (χ0) is 13.5. The molecule has 0 bridgehead atoms. The van der Waals surface area contributed by atoms with E-state index in [2.05, 4.69) is 9.88 Å². The third-order valence-electron chi connectivity index (χ3n) is 3.96. The van der Waals surface area contributed by atoms with Crippen LogP contribution in [-0.4, -0.2) is 29.1 Å². The van der Waals surface area contributed by atoms with Gasteiger partial charge in [-0.25, -0.2) is 0 Å². The van der Waals surface area contributed by atoms with E-state index in [1.54, 1.807) is 6.20 Å². The maximum atomic E-state index is 11.3. The van der Waals surface area contributed by atoms with E-state index in [-0.39, 0.29) is 0 Å². The molecule has 1 aliphatic rings. The Kier molecular flexibility index (Phi) is 2.66. The molecular weight excluding hydrogens is 240 g/mol. The van der Waals surface area contributed by atoms with Gasteiger partial charge in [-0.1, -0.05) is 18.2 Å². The van der Waals surface area contributed by atoms with Crippen molar-refractivity contribution in [2.24, 2.45) is 5.41 Å². The summed E-state index contributed by atoms with van der Waals surface area (Å²) in [5.74, 6) is -0.714. The summed E-state index contributed by atoms with van der Waals surface area (Å²) in [6.07, 6.45) is 2.47. The lowest BCUT2D eigenvalue weighted by molar-refractivity contribution is -0.146. The second kappa shape index (κ2) is 4.23. The topological polar surface area (TPSA) is 53.4 Å². The Labute approximate surface area is 111 Å². The summed E-state index contributed by atoms with van der Waals surface area (Å²) < 4.78 is 0. The second-order valence-corrected chi connectivity index (χ2v) is 5.38. The van der Waals surface area contributed by atoms with Crippen LogP contribution >= 0.6 is 0 Å². The highest BCUT2D eigenvalue weighted by molar-refractivity contribution is 5.92. The molecule has 0 saturated carbocycles. The van der Waals surface area contributed by atoms with E-state index >= 15 is 0 Å². The third kappa shape index (κ3) is 1.93. The van der Waals surface area contributed by atoms with Gasteiger partial charge in [-0.15, -0.1) is 0 Å². The van der Waals surface area contributed by atoms with E-state index in [4.69, 9.17) is 0 Å². The molecule has 0 aliphatic carbocycles. The van der Waals surface area contributed by atoms with Crippen molar-refractivity contribution in [2.75, 3.05) is 18.0 Å². The Morgan fingerprint density at radius 3 is 2.89 bits per heavy atom. The van der Waals surface area contributed by atoms with Gasteiger partial charge >= 0.3 is 5.97 Å². The first-order valence-corrected chi connectivity index (χ1v) is 6.42. The van der Waals surface area contributed by atoms with E-state index < -0.39 is 11.4 Å². The summed E-state index contributed by atoms with van der Waals surface area (Å²) in [4.78, 5) is 17.8. The minimum absolute atomic E-state index is 0.552. The molecule has 98 valence electrons. The largest absolute Gasteiger partial charge is 0.481 e. The number of anilines is 1. The number of hydrogen-bond donors (Lipinski definition) is 1. The molecule has 1 atom stereocenters. The van der Waals surface area contributed by atoms with Gasteiger partial charge in [-0.2, -0.15) is 0 Å². The van der Waals surface area contributed by atoms with Crippen molar-refractivity contribution in [3.63, 3.8) is 0 Å². The van der Waals surface area contributed by atoms with Gasteiger partial charge in [0.1, 0.15) is 0 Å². The van der Waals surface area contributed by atoms with Crippen molar-refractivity contribution in [2.45, 2.75) is 13.3 Å². The van der Waals surface area contributed by atoms with Crippen molar-refractivity contribution < 1.29 is 9.90 Å².